The fraction of sp³-hybridized carbons (Fsp3) is 0.364. The van der Waals surface area contributed by atoms with Crippen molar-refractivity contribution in [1.82, 2.24) is 0 Å². The molecule has 16 heavy (non-hydrogen) atoms. The summed E-state index contributed by atoms with van der Waals surface area (Å²) < 4.78 is 5.91. The van der Waals surface area contributed by atoms with Gasteiger partial charge in [-0.05, 0) is 32.9 Å². The van der Waals surface area contributed by atoms with Crippen LogP contribution in [0.2, 0.25) is 0 Å². The number of anilines is 2. The molecule has 4 N–H and O–H groups in total. The van der Waals surface area contributed by atoms with Crippen LogP contribution in [0.1, 0.15) is 31.1 Å². The van der Waals surface area contributed by atoms with Gasteiger partial charge in [0.25, 0.3) is 0 Å². The molecule has 0 heterocycles. The van der Waals surface area contributed by atoms with Crippen molar-refractivity contribution in [2.24, 2.45) is 0 Å². The zero-order valence-corrected chi connectivity index (χ0v) is 11.1. The van der Waals surface area contributed by atoms with Crippen molar-refractivity contribution < 1.29 is 9.53 Å². The second kappa shape index (κ2) is 4.33. The zero-order valence-electron chi connectivity index (χ0n) is 9.50. The summed E-state index contributed by atoms with van der Waals surface area (Å²) in [6, 6.07) is 3.24. The number of nitrogens with two attached hydrogens (primary N) is 2. The smallest absolute Gasteiger partial charge is 0.340 e. The van der Waals surface area contributed by atoms with Crippen LogP contribution in [0.5, 0.6) is 0 Å². The van der Waals surface area contributed by atoms with E-state index in [9.17, 15) is 4.79 Å². The SMILES string of the molecule is CC(C)(C)OC(=O)c1cc(Br)cc(N)c1N. The van der Waals surface area contributed by atoms with E-state index >= 15 is 0 Å². The van der Waals surface area contributed by atoms with Crippen LogP contribution in [0.25, 0.3) is 0 Å². The fourth-order valence-corrected chi connectivity index (χ4v) is 1.62. The van der Waals surface area contributed by atoms with E-state index in [4.69, 9.17) is 16.2 Å². The van der Waals surface area contributed by atoms with Gasteiger partial charge in [-0.3, -0.25) is 0 Å². The summed E-state index contributed by atoms with van der Waals surface area (Å²) in [6.07, 6.45) is 0. The van der Waals surface area contributed by atoms with Crippen molar-refractivity contribution in [2.75, 3.05) is 11.5 Å². The van der Waals surface area contributed by atoms with Gasteiger partial charge in [0.05, 0.1) is 16.9 Å². The van der Waals surface area contributed by atoms with Crippen LogP contribution in [0.4, 0.5) is 11.4 Å². The summed E-state index contributed by atoms with van der Waals surface area (Å²) in [6.45, 7) is 5.38. The van der Waals surface area contributed by atoms with Gasteiger partial charge < -0.3 is 16.2 Å². The topological polar surface area (TPSA) is 78.3 Å². The molecule has 0 aliphatic heterocycles. The lowest BCUT2D eigenvalue weighted by atomic mass is 10.1. The summed E-state index contributed by atoms with van der Waals surface area (Å²) in [5.74, 6) is -0.474. The zero-order chi connectivity index (χ0) is 12.5. The van der Waals surface area contributed by atoms with Crippen LogP contribution in [0.15, 0.2) is 16.6 Å². The molecular formula is C11H15BrN2O2. The fourth-order valence-electron chi connectivity index (χ4n) is 1.14. The highest BCUT2D eigenvalue weighted by atomic mass is 79.9. The van der Waals surface area contributed by atoms with Crippen molar-refractivity contribution >= 4 is 33.3 Å². The van der Waals surface area contributed by atoms with E-state index in [-0.39, 0.29) is 11.3 Å². The normalized spacial score (nSPS) is 11.2. The molecule has 1 aromatic rings. The molecule has 0 atom stereocenters. The summed E-state index contributed by atoms with van der Waals surface area (Å²) in [5, 5.41) is 0. The van der Waals surface area contributed by atoms with Crippen molar-refractivity contribution in [3.8, 4) is 0 Å². The van der Waals surface area contributed by atoms with E-state index in [1.807, 2.05) is 0 Å². The minimum atomic E-state index is -0.555. The largest absolute Gasteiger partial charge is 0.456 e. The standard InChI is InChI=1S/C11H15BrN2O2/c1-11(2,3)16-10(15)7-4-6(12)5-8(13)9(7)14/h4-5H,13-14H2,1-3H3. The molecule has 0 spiro atoms. The maximum Gasteiger partial charge on any atom is 0.340 e. The Morgan fingerprint density at radius 2 is 1.88 bits per heavy atom. The first-order valence-corrected chi connectivity index (χ1v) is 5.58. The summed E-state index contributed by atoms with van der Waals surface area (Å²) >= 11 is 3.25. The molecule has 5 heteroatoms. The number of carbonyl (C=O) groups excluding carboxylic acids is 1. The Hall–Kier alpha value is -1.23. The Morgan fingerprint density at radius 3 is 2.38 bits per heavy atom. The first-order chi connectivity index (χ1) is 7.20. The molecular weight excluding hydrogens is 272 g/mol. The minimum absolute atomic E-state index is 0.248. The average Bonchev–Trinajstić information content (AvgIpc) is 2.08. The van der Waals surface area contributed by atoms with Crippen molar-refractivity contribution in [2.45, 2.75) is 26.4 Å². The van der Waals surface area contributed by atoms with Gasteiger partial charge >= 0.3 is 5.97 Å². The first-order valence-electron chi connectivity index (χ1n) is 4.78. The second-order valence-electron chi connectivity index (χ2n) is 4.46. The molecule has 88 valence electrons. The van der Waals surface area contributed by atoms with Crippen LogP contribution < -0.4 is 11.5 Å². The number of rotatable bonds is 1. The molecule has 0 fully saturated rings. The quantitative estimate of drug-likeness (QED) is 0.614. The van der Waals surface area contributed by atoms with Crippen LogP contribution >= 0.6 is 15.9 Å². The van der Waals surface area contributed by atoms with Gasteiger partial charge in [0.2, 0.25) is 0 Å². The average molecular weight is 287 g/mol. The van der Waals surface area contributed by atoms with Gasteiger partial charge in [0.15, 0.2) is 0 Å². The summed E-state index contributed by atoms with van der Waals surface area (Å²) in [7, 11) is 0. The highest BCUT2D eigenvalue weighted by molar-refractivity contribution is 9.10. The van der Waals surface area contributed by atoms with E-state index in [1.54, 1.807) is 32.9 Å². The van der Waals surface area contributed by atoms with E-state index < -0.39 is 11.6 Å². The molecule has 0 aliphatic carbocycles. The van der Waals surface area contributed by atoms with Crippen molar-refractivity contribution in [3.63, 3.8) is 0 Å². The molecule has 0 unspecified atom stereocenters. The highest BCUT2D eigenvalue weighted by Gasteiger charge is 2.20. The molecule has 4 nitrogen and oxygen atoms in total. The third-order valence-electron chi connectivity index (χ3n) is 1.80. The van der Waals surface area contributed by atoms with Crippen LogP contribution in [0, 0.1) is 0 Å². The lowest BCUT2D eigenvalue weighted by molar-refractivity contribution is 0.00708. The van der Waals surface area contributed by atoms with Crippen molar-refractivity contribution in [3.05, 3.63) is 22.2 Å². The number of esters is 1. The summed E-state index contributed by atoms with van der Waals surface area (Å²) in [5.41, 5.74) is 11.7. The monoisotopic (exact) mass is 286 g/mol. The number of halogens is 1. The molecule has 0 saturated carbocycles. The Balaban J connectivity index is 3.09. The van der Waals surface area contributed by atoms with Crippen LogP contribution in [0.3, 0.4) is 0 Å². The number of nitrogen functional groups attached to an aromatic ring is 2. The predicted octanol–water partition coefficient (Wildman–Crippen LogP) is 2.57. The lowest BCUT2D eigenvalue weighted by Gasteiger charge is -2.20. The molecule has 0 aliphatic rings. The summed E-state index contributed by atoms with van der Waals surface area (Å²) in [4.78, 5) is 11.8. The molecule has 0 saturated heterocycles. The molecule has 0 amide bonds. The third-order valence-corrected chi connectivity index (χ3v) is 2.25. The number of benzene rings is 1. The molecule has 0 radical (unpaired) electrons. The lowest BCUT2D eigenvalue weighted by Crippen LogP contribution is -2.24. The predicted molar refractivity (Wildman–Crippen MR) is 68.1 cm³/mol. The van der Waals surface area contributed by atoms with E-state index in [2.05, 4.69) is 15.9 Å². The van der Waals surface area contributed by atoms with Gasteiger partial charge in [0.1, 0.15) is 5.60 Å². The number of hydrogen-bond donors (Lipinski definition) is 2. The first kappa shape index (κ1) is 12.8. The Kier molecular flexibility index (Phi) is 3.48. The maximum atomic E-state index is 11.8. The minimum Gasteiger partial charge on any atom is -0.456 e. The van der Waals surface area contributed by atoms with Gasteiger partial charge in [0, 0.05) is 4.47 Å². The Morgan fingerprint density at radius 1 is 1.31 bits per heavy atom. The van der Waals surface area contributed by atoms with Gasteiger partial charge in [-0.25, -0.2) is 4.79 Å². The van der Waals surface area contributed by atoms with E-state index in [0.717, 1.165) is 0 Å². The van der Waals surface area contributed by atoms with Gasteiger partial charge in [-0.1, -0.05) is 15.9 Å². The van der Waals surface area contributed by atoms with E-state index in [1.165, 1.54) is 0 Å². The third kappa shape index (κ3) is 3.13. The molecule has 0 aromatic heterocycles. The van der Waals surface area contributed by atoms with Crippen molar-refractivity contribution in [1.29, 1.82) is 0 Å². The molecule has 1 rings (SSSR count). The molecule has 0 bridgehead atoms. The number of carbonyl (C=O) groups is 1. The number of hydrogen-bond acceptors (Lipinski definition) is 4. The van der Waals surface area contributed by atoms with Gasteiger partial charge in [-0.2, -0.15) is 0 Å². The van der Waals surface area contributed by atoms with Gasteiger partial charge in [-0.15, -0.1) is 0 Å². The second-order valence-corrected chi connectivity index (χ2v) is 5.37. The highest BCUT2D eigenvalue weighted by Crippen LogP contribution is 2.27. The molecule has 1 aromatic carbocycles. The Labute approximate surface area is 103 Å². The Bertz CT molecular complexity index is 425. The van der Waals surface area contributed by atoms with Crippen LogP contribution in [-0.2, 0) is 4.74 Å². The number of ether oxygens (including phenoxy) is 1. The maximum absolute atomic E-state index is 11.8. The van der Waals surface area contributed by atoms with E-state index in [0.29, 0.717) is 10.2 Å². The van der Waals surface area contributed by atoms with Crippen LogP contribution in [-0.4, -0.2) is 11.6 Å².